The number of nitrogens with one attached hydrogen (secondary N) is 2. The molecule has 0 radical (unpaired) electrons. The molecule has 1 aromatic carbocycles. The molecule has 0 atom stereocenters. The molecule has 1 rings (SSSR count). The fraction of sp³-hybridized carbons (Fsp3) is 0.533. The minimum atomic E-state index is -3.51. The van der Waals surface area contributed by atoms with E-state index in [0.29, 0.717) is 12.1 Å². The molecule has 0 fully saturated rings. The van der Waals surface area contributed by atoms with Crippen molar-refractivity contribution in [1.29, 1.82) is 0 Å². The SMILES string of the molecule is CC(C)CNS(=O)(=O)c1ccc(C(=O)NC(C)(C)C)cc1. The molecule has 1 aromatic rings. The van der Waals surface area contributed by atoms with Crippen LogP contribution in [0.15, 0.2) is 29.2 Å². The van der Waals surface area contributed by atoms with Crippen LogP contribution in [0.3, 0.4) is 0 Å². The van der Waals surface area contributed by atoms with E-state index in [9.17, 15) is 13.2 Å². The number of carbonyl (C=O) groups is 1. The molecule has 21 heavy (non-hydrogen) atoms. The lowest BCUT2D eigenvalue weighted by Crippen LogP contribution is -2.40. The van der Waals surface area contributed by atoms with Crippen molar-refractivity contribution < 1.29 is 13.2 Å². The fourth-order valence-electron chi connectivity index (χ4n) is 1.56. The van der Waals surface area contributed by atoms with Crippen LogP contribution in [0.4, 0.5) is 0 Å². The number of benzene rings is 1. The van der Waals surface area contributed by atoms with Crippen molar-refractivity contribution in [2.75, 3.05) is 6.54 Å². The van der Waals surface area contributed by atoms with Crippen LogP contribution in [0, 0.1) is 5.92 Å². The molecule has 6 heteroatoms. The maximum Gasteiger partial charge on any atom is 0.251 e. The van der Waals surface area contributed by atoms with Crippen molar-refractivity contribution in [1.82, 2.24) is 10.0 Å². The van der Waals surface area contributed by atoms with Crippen LogP contribution in [0.1, 0.15) is 45.0 Å². The number of sulfonamides is 1. The summed E-state index contributed by atoms with van der Waals surface area (Å²) in [6.07, 6.45) is 0. The molecule has 2 N–H and O–H groups in total. The van der Waals surface area contributed by atoms with Gasteiger partial charge in [-0.15, -0.1) is 0 Å². The van der Waals surface area contributed by atoms with Gasteiger partial charge in [0.2, 0.25) is 10.0 Å². The first-order valence-corrected chi connectivity index (χ1v) is 8.42. The summed E-state index contributed by atoms with van der Waals surface area (Å²) in [6.45, 7) is 9.91. The Morgan fingerprint density at radius 1 is 1.14 bits per heavy atom. The van der Waals surface area contributed by atoms with Crippen LogP contribution in [-0.2, 0) is 10.0 Å². The molecule has 0 bridgehead atoms. The van der Waals surface area contributed by atoms with E-state index < -0.39 is 10.0 Å². The molecule has 0 aliphatic carbocycles. The number of amides is 1. The number of rotatable bonds is 5. The summed E-state index contributed by atoms with van der Waals surface area (Å²) in [6, 6.07) is 5.93. The lowest BCUT2D eigenvalue weighted by atomic mass is 10.1. The highest BCUT2D eigenvalue weighted by molar-refractivity contribution is 7.89. The fourth-order valence-corrected chi connectivity index (χ4v) is 2.77. The summed E-state index contributed by atoms with van der Waals surface area (Å²) >= 11 is 0. The Bertz CT molecular complexity index is 584. The van der Waals surface area contributed by atoms with Gasteiger partial charge in [-0.2, -0.15) is 0 Å². The van der Waals surface area contributed by atoms with Crippen molar-refractivity contribution in [3.8, 4) is 0 Å². The average Bonchev–Trinajstić information content (AvgIpc) is 2.35. The molecular weight excluding hydrogens is 288 g/mol. The molecule has 0 unspecified atom stereocenters. The van der Waals surface area contributed by atoms with E-state index >= 15 is 0 Å². The third-order valence-corrected chi connectivity index (χ3v) is 4.04. The van der Waals surface area contributed by atoms with Gasteiger partial charge in [0.15, 0.2) is 0 Å². The first kappa shape index (κ1) is 17.7. The maximum absolute atomic E-state index is 12.0. The van der Waals surface area contributed by atoms with E-state index in [4.69, 9.17) is 0 Å². The van der Waals surface area contributed by atoms with Gasteiger partial charge >= 0.3 is 0 Å². The lowest BCUT2D eigenvalue weighted by molar-refractivity contribution is 0.0919. The van der Waals surface area contributed by atoms with Crippen molar-refractivity contribution in [2.45, 2.75) is 45.1 Å². The van der Waals surface area contributed by atoms with E-state index in [1.54, 1.807) is 0 Å². The molecule has 0 saturated carbocycles. The zero-order valence-electron chi connectivity index (χ0n) is 13.2. The Kier molecular flexibility index (Phi) is 5.53. The number of hydrogen-bond acceptors (Lipinski definition) is 3. The highest BCUT2D eigenvalue weighted by Gasteiger charge is 2.17. The molecule has 5 nitrogen and oxygen atoms in total. The largest absolute Gasteiger partial charge is 0.347 e. The zero-order chi connectivity index (χ0) is 16.3. The third kappa shape index (κ3) is 5.85. The van der Waals surface area contributed by atoms with Gasteiger partial charge in [-0.05, 0) is 51.0 Å². The third-order valence-electron chi connectivity index (χ3n) is 2.60. The van der Waals surface area contributed by atoms with Crippen LogP contribution in [0.25, 0.3) is 0 Å². The molecule has 0 aliphatic rings. The summed E-state index contributed by atoms with van der Waals surface area (Å²) in [5.41, 5.74) is 0.105. The smallest absolute Gasteiger partial charge is 0.251 e. The van der Waals surface area contributed by atoms with E-state index in [1.807, 2.05) is 34.6 Å². The van der Waals surface area contributed by atoms with Gasteiger partial charge in [0, 0.05) is 17.6 Å². The van der Waals surface area contributed by atoms with Crippen LogP contribution in [-0.4, -0.2) is 26.4 Å². The summed E-state index contributed by atoms with van der Waals surface area (Å²) in [7, 11) is -3.51. The van der Waals surface area contributed by atoms with E-state index in [-0.39, 0.29) is 22.3 Å². The first-order valence-electron chi connectivity index (χ1n) is 6.93. The van der Waals surface area contributed by atoms with Crippen molar-refractivity contribution >= 4 is 15.9 Å². The summed E-state index contributed by atoms with van der Waals surface area (Å²) < 4.78 is 26.6. The molecule has 1 amide bonds. The van der Waals surface area contributed by atoms with Crippen LogP contribution in [0.5, 0.6) is 0 Å². The Balaban J connectivity index is 2.85. The Hall–Kier alpha value is -1.40. The predicted molar refractivity (Wildman–Crippen MR) is 83.7 cm³/mol. The first-order chi connectivity index (χ1) is 9.51. The van der Waals surface area contributed by atoms with Crippen LogP contribution < -0.4 is 10.0 Å². The van der Waals surface area contributed by atoms with Gasteiger partial charge in [-0.25, -0.2) is 13.1 Å². The maximum atomic E-state index is 12.0. The molecule has 0 aromatic heterocycles. The van der Waals surface area contributed by atoms with Crippen LogP contribution in [0.2, 0.25) is 0 Å². The second-order valence-electron chi connectivity index (χ2n) is 6.47. The highest BCUT2D eigenvalue weighted by atomic mass is 32.2. The van der Waals surface area contributed by atoms with Crippen molar-refractivity contribution in [3.05, 3.63) is 29.8 Å². The van der Waals surface area contributed by atoms with Crippen molar-refractivity contribution in [3.63, 3.8) is 0 Å². The Morgan fingerprint density at radius 3 is 2.10 bits per heavy atom. The number of hydrogen-bond donors (Lipinski definition) is 2. The van der Waals surface area contributed by atoms with Gasteiger partial charge in [-0.1, -0.05) is 13.8 Å². The average molecular weight is 312 g/mol. The second kappa shape index (κ2) is 6.58. The normalized spacial score (nSPS) is 12.5. The van der Waals surface area contributed by atoms with E-state index in [1.165, 1.54) is 24.3 Å². The van der Waals surface area contributed by atoms with Gasteiger partial charge in [0.05, 0.1) is 4.90 Å². The second-order valence-corrected chi connectivity index (χ2v) is 8.24. The van der Waals surface area contributed by atoms with Gasteiger partial charge in [0.25, 0.3) is 5.91 Å². The Labute approximate surface area is 127 Å². The molecule has 0 aliphatic heterocycles. The number of carbonyl (C=O) groups excluding carboxylic acids is 1. The molecule has 0 saturated heterocycles. The van der Waals surface area contributed by atoms with Crippen molar-refractivity contribution in [2.24, 2.45) is 5.92 Å². The van der Waals surface area contributed by atoms with E-state index in [2.05, 4.69) is 10.0 Å². The van der Waals surface area contributed by atoms with Gasteiger partial charge < -0.3 is 5.32 Å². The molecule has 0 heterocycles. The monoisotopic (exact) mass is 312 g/mol. The van der Waals surface area contributed by atoms with E-state index in [0.717, 1.165) is 0 Å². The lowest BCUT2D eigenvalue weighted by Gasteiger charge is -2.20. The highest BCUT2D eigenvalue weighted by Crippen LogP contribution is 2.12. The summed E-state index contributed by atoms with van der Waals surface area (Å²) in [4.78, 5) is 12.1. The minimum absolute atomic E-state index is 0.162. The molecular formula is C15H24N2O3S. The quantitative estimate of drug-likeness (QED) is 0.875. The predicted octanol–water partition coefficient (Wildman–Crippen LogP) is 2.15. The molecule has 118 valence electrons. The minimum Gasteiger partial charge on any atom is -0.347 e. The topological polar surface area (TPSA) is 75.3 Å². The van der Waals surface area contributed by atoms with Crippen LogP contribution >= 0.6 is 0 Å². The zero-order valence-corrected chi connectivity index (χ0v) is 14.0. The Morgan fingerprint density at radius 2 is 1.67 bits per heavy atom. The summed E-state index contributed by atoms with van der Waals surface area (Å²) in [5.74, 6) is 0.0122. The summed E-state index contributed by atoms with van der Waals surface area (Å²) in [5, 5.41) is 2.83. The van der Waals surface area contributed by atoms with Gasteiger partial charge in [-0.3, -0.25) is 4.79 Å². The van der Waals surface area contributed by atoms with Gasteiger partial charge in [0.1, 0.15) is 0 Å². The standard InChI is InChI=1S/C15H24N2O3S/c1-11(2)10-16-21(19,20)13-8-6-12(7-9-13)14(18)17-15(3,4)5/h6-9,11,16H,10H2,1-5H3,(H,17,18). The molecule has 0 spiro atoms.